The van der Waals surface area contributed by atoms with Crippen molar-refractivity contribution in [1.82, 2.24) is 0 Å². The summed E-state index contributed by atoms with van der Waals surface area (Å²) >= 11 is 0. The second-order valence-corrected chi connectivity index (χ2v) is 10.3. The van der Waals surface area contributed by atoms with E-state index in [-0.39, 0.29) is 27.3 Å². The Morgan fingerprint density at radius 3 is 1.22 bits per heavy atom. The van der Waals surface area contributed by atoms with E-state index in [1.54, 1.807) is 24.3 Å². The molecule has 11 heteroatoms. The number of quaternary nitrogens is 4. The van der Waals surface area contributed by atoms with Gasteiger partial charge in [-0.3, -0.25) is 20.2 Å². The van der Waals surface area contributed by atoms with Crippen LogP contribution in [-0.4, -0.2) is 86.5 Å². The second-order valence-electron chi connectivity index (χ2n) is 10.3. The molecule has 4 rings (SSSR count). The van der Waals surface area contributed by atoms with Gasteiger partial charge in [0.1, 0.15) is 78.5 Å². The van der Waals surface area contributed by atoms with Gasteiger partial charge in [-0.1, -0.05) is 0 Å². The molecule has 0 spiro atoms. The number of nitrogens with zero attached hydrogens (tertiary/aromatic N) is 2. The third-order valence-electron chi connectivity index (χ3n) is 7.58. The zero-order chi connectivity index (χ0) is 25.5. The summed E-state index contributed by atoms with van der Waals surface area (Å²) in [6.07, 6.45) is -0.303. The van der Waals surface area contributed by atoms with Crippen molar-refractivity contribution in [2.45, 2.75) is 19.2 Å². The Hall–Kier alpha value is -2.96. The van der Waals surface area contributed by atoms with Crippen molar-refractivity contribution in [3.63, 3.8) is 0 Å². The quantitative estimate of drug-likeness (QED) is 0.168. The van der Waals surface area contributed by atoms with Gasteiger partial charge in [-0.25, -0.2) is 0 Å². The third-order valence-corrected chi connectivity index (χ3v) is 7.58. The molecule has 2 fully saturated rings. The molecule has 2 aliphatic heterocycles. The number of benzene rings is 2. The summed E-state index contributed by atoms with van der Waals surface area (Å²) in [5.74, 6) is 0. The molecular formula is C25H38N6O5+4. The van der Waals surface area contributed by atoms with Gasteiger partial charge in [0.15, 0.2) is 6.10 Å². The van der Waals surface area contributed by atoms with E-state index < -0.39 is 0 Å². The van der Waals surface area contributed by atoms with Crippen LogP contribution in [0.25, 0.3) is 0 Å². The number of nitro benzene ring substituents is 2. The van der Waals surface area contributed by atoms with Crippen molar-refractivity contribution in [2.75, 3.05) is 65.4 Å². The fraction of sp³-hybridized carbons (Fsp3) is 0.520. The molecule has 0 amide bonds. The molecular weight excluding hydrogens is 464 g/mol. The largest absolute Gasteiger partial charge is 0.382 e. The van der Waals surface area contributed by atoms with Crippen molar-refractivity contribution in [2.24, 2.45) is 0 Å². The van der Waals surface area contributed by atoms with E-state index >= 15 is 0 Å². The summed E-state index contributed by atoms with van der Waals surface area (Å²) in [7, 11) is 0. The monoisotopic (exact) mass is 502 g/mol. The van der Waals surface area contributed by atoms with Crippen LogP contribution in [0.1, 0.15) is 11.1 Å². The van der Waals surface area contributed by atoms with E-state index in [1.165, 1.54) is 19.6 Å². The number of aliphatic hydroxyl groups is 1. The molecule has 2 saturated heterocycles. The molecule has 0 atom stereocenters. The number of hydrogen-bond donors (Lipinski definition) is 5. The molecule has 2 aliphatic rings. The van der Waals surface area contributed by atoms with Crippen LogP contribution in [-0.2, 0) is 13.1 Å². The van der Waals surface area contributed by atoms with Gasteiger partial charge in [-0.2, -0.15) is 0 Å². The van der Waals surface area contributed by atoms with E-state index in [0.717, 1.165) is 89.7 Å². The Bertz CT molecular complexity index is 921. The number of nitro groups is 2. The number of hydrogen-bond acceptors (Lipinski definition) is 5. The first-order valence-corrected chi connectivity index (χ1v) is 12.8. The van der Waals surface area contributed by atoms with Crippen molar-refractivity contribution in [1.29, 1.82) is 0 Å². The molecule has 0 bridgehead atoms. The van der Waals surface area contributed by atoms with Gasteiger partial charge in [0.25, 0.3) is 11.4 Å². The highest BCUT2D eigenvalue weighted by molar-refractivity contribution is 5.33. The lowest BCUT2D eigenvalue weighted by atomic mass is 10.1. The van der Waals surface area contributed by atoms with Crippen LogP contribution in [0.5, 0.6) is 0 Å². The first-order valence-electron chi connectivity index (χ1n) is 12.8. The predicted molar refractivity (Wildman–Crippen MR) is 132 cm³/mol. The molecule has 194 valence electrons. The van der Waals surface area contributed by atoms with Gasteiger partial charge in [0, 0.05) is 35.4 Å². The molecule has 0 aliphatic carbocycles. The van der Waals surface area contributed by atoms with E-state index in [2.05, 4.69) is 0 Å². The smallest absolute Gasteiger partial charge is 0.269 e. The average molecular weight is 503 g/mol. The minimum atomic E-state index is -0.366. The van der Waals surface area contributed by atoms with E-state index in [1.807, 2.05) is 24.3 Å². The third kappa shape index (κ3) is 7.52. The molecule has 2 heterocycles. The summed E-state index contributed by atoms with van der Waals surface area (Å²) in [6, 6.07) is 13.7. The van der Waals surface area contributed by atoms with Gasteiger partial charge < -0.3 is 24.7 Å². The van der Waals surface area contributed by atoms with Crippen LogP contribution in [0.3, 0.4) is 0 Å². The summed E-state index contributed by atoms with van der Waals surface area (Å²) in [5, 5.41) is 32.4. The van der Waals surface area contributed by atoms with Crippen LogP contribution < -0.4 is 19.6 Å². The maximum atomic E-state index is 10.8. The molecule has 5 N–H and O–H groups in total. The molecule has 11 nitrogen and oxygen atoms in total. The van der Waals surface area contributed by atoms with Crippen molar-refractivity contribution < 1.29 is 34.6 Å². The first-order chi connectivity index (χ1) is 17.4. The predicted octanol–water partition coefficient (Wildman–Crippen LogP) is -3.87. The number of non-ortho nitro benzene ring substituents is 2. The van der Waals surface area contributed by atoms with Gasteiger partial charge in [0.05, 0.1) is 9.85 Å². The average Bonchev–Trinajstić information content (AvgIpc) is 2.87. The lowest BCUT2D eigenvalue weighted by molar-refractivity contribution is -1.03. The molecule has 0 aromatic heterocycles. The van der Waals surface area contributed by atoms with Crippen LogP contribution in [0, 0.1) is 20.2 Å². The van der Waals surface area contributed by atoms with Crippen molar-refractivity contribution >= 4 is 11.4 Å². The second kappa shape index (κ2) is 12.3. The molecule has 2 aromatic carbocycles. The number of rotatable bonds is 10. The topological polar surface area (TPSA) is 124 Å². The lowest BCUT2D eigenvalue weighted by Crippen LogP contribution is -3.29. The van der Waals surface area contributed by atoms with Gasteiger partial charge >= 0.3 is 0 Å². The van der Waals surface area contributed by atoms with Crippen LogP contribution >= 0.6 is 0 Å². The van der Waals surface area contributed by atoms with Crippen molar-refractivity contribution in [3.8, 4) is 0 Å². The highest BCUT2D eigenvalue weighted by Crippen LogP contribution is 2.12. The number of nitrogens with one attached hydrogen (secondary N) is 4. The van der Waals surface area contributed by atoms with Gasteiger partial charge in [-0.15, -0.1) is 0 Å². The molecule has 0 radical (unpaired) electrons. The first kappa shape index (κ1) is 26.1. The fourth-order valence-electron chi connectivity index (χ4n) is 5.46. The van der Waals surface area contributed by atoms with E-state index in [0.29, 0.717) is 0 Å². The van der Waals surface area contributed by atoms with Crippen LogP contribution in [0.15, 0.2) is 48.5 Å². The van der Waals surface area contributed by atoms with Gasteiger partial charge in [-0.05, 0) is 24.3 Å². The standard InChI is InChI=1S/C25H34N6O5/c32-25(19-28-13-9-26(10-14-28)17-21-1-5-23(6-2-21)30(33)34)20-29-15-11-27(12-16-29)18-22-3-7-24(8-4-22)31(35)36/h1-8,25,32H,9-20H2/p+4. The molecule has 2 aromatic rings. The minimum Gasteiger partial charge on any atom is -0.382 e. The molecule has 0 unspecified atom stereocenters. The zero-order valence-electron chi connectivity index (χ0n) is 20.7. The minimum absolute atomic E-state index is 0.131. The summed E-state index contributed by atoms with van der Waals surface area (Å²) < 4.78 is 0. The fourth-order valence-corrected chi connectivity index (χ4v) is 5.46. The Morgan fingerprint density at radius 2 is 0.917 bits per heavy atom. The van der Waals surface area contributed by atoms with E-state index in [4.69, 9.17) is 0 Å². The summed E-state index contributed by atoms with van der Waals surface area (Å²) in [4.78, 5) is 26.8. The van der Waals surface area contributed by atoms with Crippen LogP contribution in [0.2, 0.25) is 0 Å². The Morgan fingerprint density at radius 1 is 0.611 bits per heavy atom. The number of piperazine rings is 2. The Kier molecular flexibility index (Phi) is 8.94. The lowest BCUT2D eigenvalue weighted by Gasteiger charge is -2.33. The summed E-state index contributed by atoms with van der Waals surface area (Å²) in [6.45, 7) is 11.6. The molecule has 36 heavy (non-hydrogen) atoms. The van der Waals surface area contributed by atoms with Crippen molar-refractivity contribution in [3.05, 3.63) is 79.9 Å². The highest BCUT2D eigenvalue weighted by atomic mass is 16.6. The maximum Gasteiger partial charge on any atom is 0.269 e. The van der Waals surface area contributed by atoms with Crippen LogP contribution in [0.4, 0.5) is 11.4 Å². The van der Waals surface area contributed by atoms with E-state index in [9.17, 15) is 25.3 Å². The summed E-state index contributed by atoms with van der Waals surface area (Å²) in [5.41, 5.74) is 2.51. The highest BCUT2D eigenvalue weighted by Gasteiger charge is 2.29. The van der Waals surface area contributed by atoms with Gasteiger partial charge in [0.2, 0.25) is 0 Å². The SMILES string of the molecule is O=[N+]([O-])c1ccc(C[NH+]2CC[NH+](CC(O)C[NH+]3CC[NH+](Cc4ccc([N+](=O)[O-])cc4)CC3)CC2)cc1. The Balaban J connectivity index is 1.12. The Labute approximate surface area is 210 Å². The number of aliphatic hydroxyl groups excluding tert-OH is 1. The maximum absolute atomic E-state index is 10.8. The normalized spacial score (nSPS) is 25.2. The molecule has 0 saturated carbocycles. The zero-order valence-corrected chi connectivity index (χ0v) is 20.7.